The van der Waals surface area contributed by atoms with Gasteiger partial charge in [-0.05, 0) is 22.9 Å². The van der Waals surface area contributed by atoms with Gasteiger partial charge >= 0.3 is 0 Å². The topological polar surface area (TPSA) is 51.2 Å². The zero-order valence-electron chi connectivity index (χ0n) is 8.70. The van der Waals surface area contributed by atoms with Gasteiger partial charge in [0.05, 0.1) is 0 Å². The Kier molecular flexibility index (Phi) is 3.82. The third kappa shape index (κ3) is 2.64. The highest BCUT2D eigenvalue weighted by atomic mass is 79.9. The molecule has 0 amide bonds. The number of benzene rings is 1. The molecule has 1 aromatic carbocycles. The Bertz CT molecular complexity index is 505. The van der Waals surface area contributed by atoms with E-state index in [1.807, 2.05) is 6.92 Å². The number of alkyl halides is 2. The SMILES string of the molecule is Cc1ccc(C(=O)[C@@](Cl)(Br)S(C)(=O)=O)cc1. The number of carbonyl (C=O) groups excluding carboxylic acids is 1. The molecule has 0 heterocycles. The van der Waals surface area contributed by atoms with Gasteiger partial charge in [-0.2, -0.15) is 0 Å². The molecular formula is C10H10BrClO3S. The molecule has 0 aromatic heterocycles. The maximum absolute atomic E-state index is 11.9. The number of hydrogen-bond donors (Lipinski definition) is 0. The van der Waals surface area contributed by atoms with E-state index in [9.17, 15) is 13.2 Å². The number of hydrogen-bond acceptors (Lipinski definition) is 3. The number of carbonyl (C=O) groups is 1. The molecule has 3 nitrogen and oxygen atoms in total. The van der Waals surface area contributed by atoms with Crippen LogP contribution in [-0.4, -0.2) is 23.6 Å². The van der Waals surface area contributed by atoms with Crippen molar-refractivity contribution in [3.8, 4) is 0 Å². The van der Waals surface area contributed by atoms with Crippen molar-refractivity contribution in [1.29, 1.82) is 0 Å². The molecule has 0 saturated carbocycles. The second-order valence-corrected chi connectivity index (χ2v) is 8.60. The first-order chi connectivity index (χ1) is 7.16. The molecule has 0 bridgehead atoms. The fourth-order valence-corrected chi connectivity index (χ4v) is 1.83. The monoisotopic (exact) mass is 324 g/mol. The predicted octanol–water partition coefficient (Wildman–Crippen LogP) is 2.51. The van der Waals surface area contributed by atoms with Gasteiger partial charge in [0.1, 0.15) is 0 Å². The maximum Gasteiger partial charge on any atom is 0.261 e. The van der Waals surface area contributed by atoms with Crippen molar-refractivity contribution in [2.75, 3.05) is 6.26 Å². The van der Waals surface area contributed by atoms with Crippen LogP contribution in [0.1, 0.15) is 15.9 Å². The average molecular weight is 326 g/mol. The molecule has 0 fully saturated rings. The molecule has 16 heavy (non-hydrogen) atoms. The van der Waals surface area contributed by atoms with Crippen molar-refractivity contribution in [2.45, 2.75) is 10.0 Å². The van der Waals surface area contributed by atoms with Crippen LogP contribution in [0.4, 0.5) is 0 Å². The van der Waals surface area contributed by atoms with Crippen LogP contribution in [0.2, 0.25) is 0 Å². The van der Waals surface area contributed by atoms with Crippen LogP contribution >= 0.6 is 27.5 Å². The Morgan fingerprint density at radius 3 is 2.12 bits per heavy atom. The van der Waals surface area contributed by atoms with Gasteiger partial charge < -0.3 is 0 Å². The van der Waals surface area contributed by atoms with Crippen molar-refractivity contribution >= 4 is 43.2 Å². The molecule has 6 heteroatoms. The van der Waals surface area contributed by atoms with E-state index in [1.54, 1.807) is 24.3 Å². The standard InChI is InChI=1S/C10H10BrClO3S/c1-7-3-5-8(6-4-7)9(13)10(11,12)16(2,14)15/h3-6H,1-2H3/t10-/m0/s1. The molecule has 0 spiro atoms. The Morgan fingerprint density at radius 1 is 1.31 bits per heavy atom. The van der Waals surface area contributed by atoms with Gasteiger partial charge in [-0.1, -0.05) is 41.4 Å². The lowest BCUT2D eigenvalue weighted by molar-refractivity contribution is 0.1000. The number of rotatable bonds is 3. The van der Waals surface area contributed by atoms with Crippen LogP contribution in [0, 0.1) is 6.92 Å². The van der Waals surface area contributed by atoms with Gasteiger partial charge in [-0.3, -0.25) is 4.79 Å². The fraction of sp³-hybridized carbons (Fsp3) is 0.300. The minimum Gasteiger partial charge on any atom is -0.290 e. The predicted molar refractivity (Wildman–Crippen MR) is 67.9 cm³/mol. The van der Waals surface area contributed by atoms with Crippen molar-refractivity contribution in [2.24, 2.45) is 0 Å². The second-order valence-electron chi connectivity index (χ2n) is 3.48. The van der Waals surface area contributed by atoms with Crippen LogP contribution in [-0.2, 0) is 9.84 Å². The molecular weight excluding hydrogens is 316 g/mol. The van der Waals surface area contributed by atoms with Crippen LogP contribution in [0.5, 0.6) is 0 Å². The molecule has 0 aliphatic heterocycles. The molecule has 0 N–H and O–H groups in total. The van der Waals surface area contributed by atoms with Gasteiger partial charge in [0.15, 0.2) is 9.84 Å². The van der Waals surface area contributed by atoms with Crippen LogP contribution in [0.25, 0.3) is 0 Å². The summed E-state index contributed by atoms with van der Waals surface area (Å²) in [4.78, 5) is 11.9. The van der Waals surface area contributed by atoms with E-state index in [4.69, 9.17) is 11.6 Å². The van der Waals surface area contributed by atoms with E-state index >= 15 is 0 Å². The highest BCUT2D eigenvalue weighted by molar-refractivity contribution is 9.12. The summed E-state index contributed by atoms with van der Waals surface area (Å²) in [5, 5.41) is 0. The molecule has 1 aromatic rings. The Labute approximate surface area is 108 Å². The molecule has 88 valence electrons. The van der Waals surface area contributed by atoms with E-state index in [-0.39, 0.29) is 5.56 Å². The lowest BCUT2D eigenvalue weighted by Crippen LogP contribution is -2.34. The van der Waals surface area contributed by atoms with Gasteiger partial charge in [0.2, 0.25) is 5.78 Å². The minimum atomic E-state index is -3.73. The Hall–Kier alpha value is -0.390. The van der Waals surface area contributed by atoms with Gasteiger partial charge in [0.25, 0.3) is 3.12 Å². The summed E-state index contributed by atoms with van der Waals surface area (Å²) >= 11 is 8.47. The zero-order valence-corrected chi connectivity index (χ0v) is 11.9. The average Bonchev–Trinajstić information content (AvgIpc) is 2.16. The third-order valence-corrected chi connectivity index (χ3v) is 6.30. The summed E-state index contributed by atoms with van der Waals surface area (Å²) in [6, 6.07) is 6.52. The highest BCUT2D eigenvalue weighted by Gasteiger charge is 2.44. The first-order valence-electron chi connectivity index (χ1n) is 4.35. The summed E-state index contributed by atoms with van der Waals surface area (Å²) in [6.45, 7) is 1.87. The van der Waals surface area contributed by atoms with Crippen molar-refractivity contribution in [3.05, 3.63) is 35.4 Å². The van der Waals surface area contributed by atoms with Crippen LogP contribution < -0.4 is 0 Å². The normalized spacial score (nSPS) is 15.5. The number of Topliss-reactive ketones (excluding diaryl/α,β-unsaturated/α-hetero) is 1. The minimum absolute atomic E-state index is 0.253. The van der Waals surface area contributed by atoms with Gasteiger partial charge in [-0.25, -0.2) is 8.42 Å². The summed E-state index contributed by atoms with van der Waals surface area (Å²) in [5.41, 5.74) is 1.23. The molecule has 1 rings (SSSR count). The van der Waals surface area contributed by atoms with Crippen LogP contribution in [0.3, 0.4) is 0 Å². The number of ketones is 1. The fourth-order valence-electron chi connectivity index (χ4n) is 1.04. The largest absolute Gasteiger partial charge is 0.290 e. The van der Waals surface area contributed by atoms with E-state index in [2.05, 4.69) is 15.9 Å². The summed E-state index contributed by atoms with van der Waals surface area (Å²) in [7, 11) is -3.73. The van der Waals surface area contributed by atoms with Crippen molar-refractivity contribution < 1.29 is 13.2 Å². The number of sulfone groups is 1. The Morgan fingerprint density at radius 2 is 1.75 bits per heavy atom. The van der Waals surface area contributed by atoms with Crippen molar-refractivity contribution in [3.63, 3.8) is 0 Å². The second kappa shape index (κ2) is 4.47. The maximum atomic E-state index is 11.9. The molecule has 0 aliphatic carbocycles. The summed E-state index contributed by atoms with van der Waals surface area (Å²) < 4.78 is 20.6. The third-order valence-electron chi connectivity index (χ3n) is 2.04. The molecule has 0 aliphatic rings. The van der Waals surface area contributed by atoms with E-state index < -0.39 is 18.7 Å². The molecule has 0 unspecified atom stereocenters. The number of aryl methyl sites for hydroxylation is 1. The first kappa shape index (κ1) is 13.7. The smallest absolute Gasteiger partial charge is 0.261 e. The molecule has 0 radical (unpaired) electrons. The van der Waals surface area contributed by atoms with Crippen LogP contribution in [0.15, 0.2) is 24.3 Å². The molecule has 0 saturated heterocycles. The van der Waals surface area contributed by atoms with Crippen molar-refractivity contribution in [1.82, 2.24) is 0 Å². The lowest BCUT2D eigenvalue weighted by Gasteiger charge is -2.16. The lowest BCUT2D eigenvalue weighted by atomic mass is 10.1. The Balaban J connectivity index is 3.18. The summed E-state index contributed by atoms with van der Waals surface area (Å²) in [5.74, 6) is -0.684. The van der Waals surface area contributed by atoms with E-state index in [0.29, 0.717) is 0 Å². The quantitative estimate of drug-likeness (QED) is 0.634. The van der Waals surface area contributed by atoms with E-state index in [0.717, 1.165) is 11.8 Å². The first-order valence-corrected chi connectivity index (χ1v) is 7.41. The van der Waals surface area contributed by atoms with E-state index in [1.165, 1.54) is 0 Å². The van der Waals surface area contributed by atoms with Gasteiger partial charge in [-0.15, -0.1) is 0 Å². The van der Waals surface area contributed by atoms with Gasteiger partial charge in [0, 0.05) is 11.8 Å². The summed E-state index contributed by atoms with van der Waals surface area (Å²) in [6.07, 6.45) is 0.904. The number of halogens is 2. The zero-order chi connectivity index (χ0) is 12.6. The molecule has 1 atom stereocenters. The highest BCUT2D eigenvalue weighted by Crippen LogP contribution is 2.33.